The summed E-state index contributed by atoms with van der Waals surface area (Å²) < 4.78 is 32.3. The molecule has 1 amide bonds. The van der Waals surface area contributed by atoms with Crippen LogP contribution in [0, 0.1) is 0 Å². The van der Waals surface area contributed by atoms with E-state index in [4.69, 9.17) is 4.74 Å². The van der Waals surface area contributed by atoms with Gasteiger partial charge in [-0.1, -0.05) is 30.3 Å². The molecule has 0 bridgehead atoms. The predicted molar refractivity (Wildman–Crippen MR) is 124 cm³/mol. The first-order chi connectivity index (χ1) is 16.6. The smallest absolute Gasteiger partial charge is 0.264 e. The summed E-state index contributed by atoms with van der Waals surface area (Å²) in [6, 6.07) is 12.4. The minimum absolute atomic E-state index is 0.00247. The maximum Gasteiger partial charge on any atom is 0.264 e. The second kappa shape index (κ2) is 8.13. The number of fused-ring (bicyclic) bond motifs is 2. The lowest BCUT2D eigenvalue weighted by Gasteiger charge is -2.27. The Morgan fingerprint density at radius 3 is 2.47 bits per heavy atom. The number of ether oxygens (including phenoxy) is 1. The van der Waals surface area contributed by atoms with Gasteiger partial charge < -0.3 is 14.5 Å². The molecule has 1 aliphatic carbocycles. The SMILES string of the molecule is O=C(c1ccc2c(c1)N(c1ncc(-c3ccccc3C(F)F)cn1)CC21CC1)N1CCOCC1. The molecule has 0 atom stereocenters. The van der Waals surface area contributed by atoms with Crippen molar-refractivity contribution in [2.24, 2.45) is 0 Å². The predicted octanol–water partition coefficient (Wildman–Crippen LogP) is 4.74. The number of halogens is 2. The van der Waals surface area contributed by atoms with Gasteiger partial charge in [0.05, 0.1) is 13.2 Å². The Balaban J connectivity index is 1.33. The standard InChI is InChI=1S/C26H24F2N4O2/c27-23(28)20-4-2-1-3-19(20)18-14-29-25(30-15-18)32-16-26(7-8-26)21-6-5-17(13-22(21)32)24(33)31-9-11-34-12-10-31/h1-6,13-15,23H,7-12,16H2. The van der Waals surface area contributed by atoms with Crippen molar-refractivity contribution < 1.29 is 18.3 Å². The van der Waals surface area contributed by atoms with E-state index in [2.05, 4.69) is 20.9 Å². The average Bonchev–Trinajstić information content (AvgIpc) is 3.60. The summed E-state index contributed by atoms with van der Waals surface area (Å²) in [6.07, 6.45) is 2.81. The van der Waals surface area contributed by atoms with Crippen molar-refractivity contribution in [1.29, 1.82) is 0 Å². The van der Waals surface area contributed by atoms with Crippen molar-refractivity contribution in [1.82, 2.24) is 14.9 Å². The van der Waals surface area contributed by atoms with E-state index >= 15 is 0 Å². The quantitative estimate of drug-likeness (QED) is 0.561. The van der Waals surface area contributed by atoms with Crippen LogP contribution in [-0.2, 0) is 10.2 Å². The first kappa shape index (κ1) is 21.2. The number of rotatable bonds is 4. The lowest BCUT2D eigenvalue weighted by molar-refractivity contribution is 0.0303. The number of benzene rings is 2. The molecule has 1 aromatic heterocycles. The van der Waals surface area contributed by atoms with Gasteiger partial charge in [-0.2, -0.15) is 0 Å². The summed E-state index contributed by atoms with van der Waals surface area (Å²) in [5, 5.41) is 0. The second-order valence-corrected chi connectivity index (χ2v) is 9.16. The van der Waals surface area contributed by atoms with Crippen LogP contribution in [0.1, 0.15) is 40.8 Å². The van der Waals surface area contributed by atoms with Gasteiger partial charge in [0, 0.05) is 59.8 Å². The average molecular weight is 463 g/mol. The van der Waals surface area contributed by atoms with Crippen LogP contribution in [0.15, 0.2) is 54.9 Å². The van der Waals surface area contributed by atoms with Crippen molar-refractivity contribution in [3.05, 3.63) is 71.5 Å². The van der Waals surface area contributed by atoms with Crippen LogP contribution in [0.3, 0.4) is 0 Å². The molecule has 0 radical (unpaired) electrons. The fraction of sp³-hybridized carbons (Fsp3) is 0.346. The lowest BCUT2D eigenvalue weighted by atomic mass is 9.97. The molecular weight excluding hydrogens is 438 g/mol. The van der Waals surface area contributed by atoms with Crippen molar-refractivity contribution >= 4 is 17.5 Å². The lowest BCUT2D eigenvalue weighted by Crippen LogP contribution is -2.40. The Morgan fingerprint density at radius 2 is 1.76 bits per heavy atom. The Bertz CT molecular complexity index is 1240. The number of hydrogen-bond donors (Lipinski definition) is 0. The Hall–Kier alpha value is -3.39. The molecule has 0 N–H and O–H groups in total. The van der Waals surface area contributed by atoms with E-state index in [1.807, 2.05) is 17.0 Å². The molecule has 1 spiro atoms. The number of carbonyl (C=O) groups excluding carboxylic acids is 1. The van der Waals surface area contributed by atoms with E-state index in [0.29, 0.717) is 48.9 Å². The molecule has 3 aliphatic rings. The van der Waals surface area contributed by atoms with Crippen LogP contribution in [-0.4, -0.2) is 53.6 Å². The van der Waals surface area contributed by atoms with Crippen LogP contribution < -0.4 is 4.90 Å². The number of aromatic nitrogens is 2. The number of alkyl halides is 2. The maximum absolute atomic E-state index is 13.4. The molecule has 8 heteroatoms. The maximum atomic E-state index is 13.4. The number of anilines is 2. The third-order valence-corrected chi connectivity index (χ3v) is 7.11. The monoisotopic (exact) mass is 462 g/mol. The zero-order chi connectivity index (χ0) is 23.3. The molecule has 2 aromatic carbocycles. The van der Waals surface area contributed by atoms with Crippen LogP contribution in [0.2, 0.25) is 0 Å². The number of nitrogens with zero attached hydrogens (tertiary/aromatic N) is 4. The Kier molecular flexibility index (Phi) is 5.06. The van der Waals surface area contributed by atoms with E-state index in [1.54, 1.807) is 30.6 Å². The highest BCUT2D eigenvalue weighted by molar-refractivity contribution is 5.96. The summed E-state index contributed by atoms with van der Waals surface area (Å²) in [4.78, 5) is 26.1. The van der Waals surface area contributed by atoms with Crippen molar-refractivity contribution in [2.75, 3.05) is 37.7 Å². The van der Waals surface area contributed by atoms with E-state index in [1.165, 1.54) is 11.6 Å². The zero-order valence-electron chi connectivity index (χ0n) is 18.6. The van der Waals surface area contributed by atoms with Gasteiger partial charge in [-0.25, -0.2) is 18.7 Å². The molecule has 1 saturated carbocycles. The minimum Gasteiger partial charge on any atom is -0.378 e. The molecule has 6 nitrogen and oxygen atoms in total. The fourth-order valence-corrected chi connectivity index (χ4v) is 5.07. The van der Waals surface area contributed by atoms with Gasteiger partial charge in [-0.15, -0.1) is 0 Å². The van der Waals surface area contributed by atoms with Gasteiger partial charge in [0.25, 0.3) is 12.3 Å². The summed E-state index contributed by atoms with van der Waals surface area (Å²) in [5.41, 5.74) is 3.86. The van der Waals surface area contributed by atoms with Gasteiger partial charge in [-0.05, 0) is 36.1 Å². The summed E-state index contributed by atoms with van der Waals surface area (Å²) in [7, 11) is 0. The van der Waals surface area contributed by atoms with Gasteiger partial charge >= 0.3 is 0 Å². The number of amides is 1. The fourth-order valence-electron chi connectivity index (χ4n) is 5.07. The minimum atomic E-state index is -2.57. The van der Waals surface area contributed by atoms with Crippen molar-refractivity contribution in [2.45, 2.75) is 24.7 Å². The molecule has 0 unspecified atom stereocenters. The number of carbonyl (C=O) groups is 1. The molecule has 34 heavy (non-hydrogen) atoms. The first-order valence-corrected chi connectivity index (χ1v) is 11.5. The van der Waals surface area contributed by atoms with Gasteiger partial charge in [-0.3, -0.25) is 4.79 Å². The van der Waals surface area contributed by atoms with Crippen molar-refractivity contribution in [3.8, 4) is 11.1 Å². The summed E-state index contributed by atoms with van der Waals surface area (Å²) in [6.45, 7) is 3.05. The zero-order valence-corrected chi connectivity index (χ0v) is 18.6. The van der Waals surface area contributed by atoms with E-state index < -0.39 is 6.43 Å². The van der Waals surface area contributed by atoms with Crippen LogP contribution in [0.4, 0.5) is 20.4 Å². The van der Waals surface area contributed by atoms with Crippen molar-refractivity contribution in [3.63, 3.8) is 0 Å². The molecule has 2 aliphatic heterocycles. The second-order valence-electron chi connectivity index (χ2n) is 9.16. The highest BCUT2D eigenvalue weighted by Crippen LogP contribution is 2.57. The van der Waals surface area contributed by atoms with E-state index in [0.717, 1.165) is 25.1 Å². The molecule has 3 heterocycles. The molecule has 1 saturated heterocycles. The third kappa shape index (κ3) is 3.53. The Labute approximate surface area is 196 Å². The Morgan fingerprint density at radius 1 is 1.03 bits per heavy atom. The number of morpholine rings is 1. The first-order valence-electron chi connectivity index (χ1n) is 11.5. The molecule has 3 aromatic rings. The summed E-state index contributed by atoms with van der Waals surface area (Å²) in [5.74, 6) is 0.516. The van der Waals surface area contributed by atoms with Crippen LogP contribution in [0.25, 0.3) is 11.1 Å². The molecule has 6 rings (SSSR count). The van der Waals surface area contributed by atoms with E-state index in [-0.39, 0.29) is 16.9 Å². The highest BCUT2D eigenvalue weighted by atomic mass is 19.3. The molecule has 2 fully saturated rings. The normalized spacial score (nSPS) is 18.4. The third-order valence-electron chi connectivity index (χ3n) is 7.11. The van der Waals surface area contributed by atoms with E-state index in [9.17, 15) is 13.6 Å². The topological polar surface area (TPSA) is 58.6 Å². The van der Waals surface area contributed by atoms with Gasteiger partial charge in [0.2, 0.25) is 5.95 Å². The highest BCUT2D eigenvalue weighted by Gasteiger charge is 2.52. The van der Waals surface area contributed by atoms with Crippen LogP contribution in [0.5, 0.6) is 0 Å². The molecule has 174 valence electrons. The van der Waals surface area contributed by atoms with Gasteiger partial charge in [0.1, 0.15) is 0 Å². The molecular formula is C26H24F2N4O2. The largest absolute Gasteiger partial charge is 0.378 e. The van der Waals surface area contributed by atoms with Crippen LogP contribution >= 0.6 is 0 Å². The summed E-state index contributed by atoms with van der Waals surface area (Å²) >= 11 is 0. The number of hydrogen-bond acceptors (Lipinski definition) is 5. The van der Waals surface area contributed by atoms with Gasteiger partial charge in [0.15, 0.2) is 0 Å².